The van der Waals surface area contributed by atoms with Crippen molar-refractivity contribution < 1.29 is 9.90 Å². The number of aromatic nitrogens is 1. The van der Waals surface area contributed by atoms with Crippen molar-refractivity contribution in [1.82, 2.24) is 4.98 Å². The Bertz CT molecular complexity index is 450. The second kappa shape index (κ2) is 3.59. The second-order valence-corrected chi connectivity index (χ2v) is 3.66. The van der Waals surface area contributed by atoms with Gasteiger partial charge in [0.05, 0.1) is 5.56 Å². The Morgan fingerprint density at radius 2 is 2.36 bits per heavy atom. The fraction of sp³-hybridized carbons (Fsp3) is 0. The van der Waals surface area contributed by atoms with Crippen LogP contribution in [-0.4, -0.2) is 16.1 Å². The zero-order valence-electron chi connectivity index (χ0n) is 7.18. The average molecular weight is 205 g/mol. The topological polar surface area (TPSA) is 50.2 Å². The highest BCUT2D eigenvalue weighted by molar-refractivity contribution is 7.13. The Morgan fingerprint density at radius 1 is 1.50 bits per heavy atom. The van der Waals surface area contributed by atoms with Gasteiger partial charge >= 0.3 is 5.97 Å². The van der Waals surface area contributed by atoms with Gasteiger partial charge in [-0.1, -0.05) is 6.07 Å². The van der Waals surface area contributed by atoms with Gasteiger partial charge in [-0.05, 0) is 12.1 Å². The van der Waals surface area contributed by atoms with Crippen LogP contribution in [0.5, 0.6) is 0 Å². The maximum absolute atomic E-state index is 10.6. The average Bonchev–Trinajstić information content (AvgIpc) is 2.68. The molecule has 2 aromatic rings. The molecule has 70 valence electrons. The summed E-state index contributed by atoms with van der Waals surface area (Å²) in [5.74, 6) is -0.892. The largest absolute Gasteiger partial charge is 0.478 e. The number of carbonyl (C=O) groups is 1. The monoisotopic (exact) mass is 205 g/mol. The molecule has 1 N–H and O–H groups in total. The van der Waals surface area contributed by atoms with Gasteiger partial charge in [0.1, 0.15) is 0 Å². The van der Waals surface area contributed by atoms with E-state index in [9.17, 15) is 4.79 Å². The van der Waals surface area contributed by atoms with E-state index in [-0.39, 0.29) is 0 Å². The first-order valence-electron chi connectivity index (χ1n) is 3.99. The maximum Gasteiger partial charge on any atom is 0.336 e. The van der Waals surface area contributed by atoms with Crippen molar-refractivity contribution in [3.05, 3.63) is 41.5 Å². The normalized spacial score (nSPS) is 10.0. The summed E-state index contributed by atoms with van der Waals surface area (Å²) in [6.07, 6.45) is 3.41. The molecule has 4 heteroatoms. The molecule has 0 aliphatic heterocycles. The molecule has 0 amide bonds. The van der Waals surface area contributed by atoms with Gasteiger partial charge < -0.3 is 5.11 Å². The molecule has 0 bridgehead atoms. The standard InChI is InChI=1S/C10H7NO2S/c12-10(13)8-4-9(14-6-8)7-2-1-3-11-5-7/h1-6H,(H,12,13). The molecule has 0 aliphatic carbocycles. The summed E-state index contributed by atoms with van der Waals surface area (Å²) in [5.41, 5.74) is 1.28. The number of aromatic carboxylic acids is 1. The lowest BCUT2D eigenvalue weighted by Crippen LogP contribution is -1.91. The molecule has 0 radical (unpaired) electrons. The van der Waals surface area contributed by atoms with Gasteiger partial charge in [-0.25, -0.2) is 4.79 Å². The van der Waals surface area contributed by atoms with Gasteiger partial charge in [0.15, 0.2) is 0 Å². The third kappa shape index (κ3) is 1.65. The van der Waals surface area contributed by atoms with Crippen LogP contribution in [0.1, 0.15) is 10.4 Å². The van der Waals surface area contributed by atoms with E-state index in [1.807, 2.05) is 12.1 Å². The minimum absolute atomic E-state index is 0.328. The molecule has 2 rings (SSSR count). The number of hydrogen-bond donors (Lipinski definition) is 1. The van der Waals surface area contributed by atoms with Gasteiger partial charge in [-0.15, -0.1) is 11.3 Å². The summed E-state index contributed by atoms with van der Waals surface area (Å²) >= 11 is 1.41. The molecule has 3 nitrogen and oxygen atoms in total. The number of thiophene rings is 1. The summed E-state index contributed by atoms with van der Waals surface area (Å²) in [7, 11) is 0. The highest BCUT2D eigenvalue weighted by atomic mass is 32.1. The Balaban J connectivity index is 2.39. The van der Waals surface area contributed by atoms with Gasteiger partial charge in [0, 0.05) is 28.2 Å². The van der Waals surface area contributed by atoms with E-state index in [1.54, 1.807) is 23.8 Å². The fourth-order valence-electron chi connectivity index (χ4n) is 1.11. The molecule has 0 aromatic carbocycles. The Kier molecular flexibility index (Phi) is 2.28. The Hall–Kier alpha value is -1.68. The second-order valence-electron chi connectivity index (χ2n) is 2.75. The van der Waals surface area contributed by atoms with Crippen LogP contribution in [0.15, 0.2) is 36.0 Å². The zero-order chi connectivity index (χ0) is 9.97. The van der Waals surface area contributed by atoms with Crippen LogP contribution < -0.4 is 0 Å². The van der Waals surface area contributed by atoms with Crippen molar-refractivity contribution in [2.45, 2.75) is 0 Å². The van der Waals surface area contributed by atoms with Crippen molar-refractivity contribution in [2.24, 2.45) is 0 Å². The SMILES string of the molecule is O=C(O)c1csc(-c2cccnc2)c1. The summed E-state index contributed by atoms with van der Waals surface area (Å²) in [6, 6.07) is 5.39. The lowest BCUT2D eigenvalue weighted by molar-refractivity contribution is 0.0697. The van der Waals surface area contributed by atoms with Crippen LogP contribution in [0.25, 0.3) is 10.4 Å². The van der Waals surface area contributed by atoms with Crippen LogP contribution in [-0.2, 0) is 0 Å². The molecule has 0 spiro atoms. The van der Waals surface area contributed by atoms with Crippen molar-refractivity contribution >= 4 is 17.3 Å². The predicted octanol–water partition coefficient (Wildman–Crippen LogP) is 2.51. The van der Waals surface area contributed by atoms with Crippen LogP contribution in [0.2, 0.25) is 0 Å². The van der Waals surface area contributed by atoms with Crippen molar-refractivity contribution in [3.8, 4) is 10.4 Å². The van der Waals surface area contributed by atoms with E-state index in [0.29, 0.717) is 5.56 Å². The quantitative estimate of drug-likeness (QED) is 0.819. The molecular weight excluding hydrogens is 198 g/mol. The minimum Gasteiger partial charge on any atom is -0.478 e. The summed E-state index contributed by atoms with van der Waals surface area (Å²) in [6.45, 7) is 0. The highest BCUT2D eigenvalue weighted by Gasteiger charge is 2.07. The Labute approximate surface area is 84.7 Å². The van der Waals surface area contributed by atoms with Crippen LogP contribution in [0.4, 0.5) is 0 Å². The smallest absolute Gasteiger partial charge is 0.336 e. The Morgan fingerprint density at radius 3 is 2.93 bits per heavy atom. The predicted molar refractivity (Wildman–Crippen MR) is 54.5 cm³/mol. The lowest BCUT2D eigenvalue weighted by Gasteiger charge is -1.93. The van der Waals surface area contributed by atoms with Crippen molar-refractivity contribution in [3.63, 3.8) is 0 Å². The van der Waals surface area contributed by atoms with Gasteiger partial charge in [-0.3, -0.25) is 4.98 Å². The zero-order valence-corrected chi connectivity index (χ0v) is 7.99. The van der Waals surface area contributed by atoms with Crippen molar-refractivity contribution in [1.29, 1.82) is 0 Å². The molecule has 0 fully saturated rings. The molecule has 0 aliphatic rings. The molecule has 2 heterocycles. The van der Waals surface area contributed by atoms with E-state index in [4.69, 9.17) is 5.11 Å². The van der Waals surface area contributed by atoms with Gasteiger partial charge in [-0.2, -0.15) is 0 Å². The first-order valence-corrected chi connectivity index (χ1v) is 4.87. The van der Waals surface area contributed by atoms with Gasteiger partial charge in [0.2, 0.25) is 0 Å². The molecule has 14 heavy (non-hydrogen) atoms. The summed E-state index contributed by atoms with van der Waals surface area (Å²) < 4.78 is 0. The minimum atomic E-state index is -0.892. The summed E-state index contributed by atoms with van der Waals surface area (Å²) in [4.78, 5) is 15.5. The highest BCUT2D eigenvalue weighted by Crippen LogP contribution is 2.26. The number of pyridine rings is 1. The molecule has 0 unspecified atom stereocenters. The van der Waals surface area contributed by atoms with E-state index in [0.717, 1.165) is 10.4 Å². The first kappa shape index (κ1) is 8.90. The lowest BCUT2D eigenvalue weighted by atomic mass is 10.2. The molecule has 0 saturated carbocycles. The van der Waals surface area contributed by atoms with Crippen LogP contribution in [0.3, 0.4) is 0 Å². The maximum atomic E-state index is 10.6. The van der Waals surface area contributed by atoms with E-state index < -0.39 is 5.97 Å². The fourth-order valence-corrected chi connectivity index (χ4v) is 1.98. The first-order chi connectivity index (χ1) is 6.77. The molecular formula is C10H7NO2S. The molecule has 0 atom stereocenters. The number of carboxylic acids is 1. The molecule has 0 saturated heterocycles. The summed E-state index contributed by atoms with van der Waals surface area (Å²) in [5, 5.41) is 10.4. The van der Waals surface area contributed by atoms with E-state index >= 15 is 0 Å². The third-order valence-electron chi connectivity index (χ3n) is 1.79. The number of rotatable bonds is 2. The van der Waals surface area contributed by atoms with Crippen LogP contribution >= 0.6 is 11.3 Å². The van der Waals surface area contributed by atoms with Crippen LogP contribution in [0, 0.1) is 0 Å². The van der Waals surface area contributed by atoms with Crippen molar-refractivity contribution in [2.75, 3.05) is 0 Å². The molecule has 2 aromatic heterocycles. The number of hydrogen-bond acceptors (Lipinski definition) is 3. The van der Waals surface area contributed by atoms with E-state index in [2.05, 4.69) is 4.98 Å². The number of carboxylic acid groups (broad SMARTS) is 1. The number of nitrogens with zero attached hydrogens (tertiary/aromatic N) is 1. The third-order valence-corrected chi connectivity index (χ3v) is 2.77. The van der Waals surface area contributed by atoms with E-state index in [1.165, 1.54) is 11.3 Å². The van der Waals surface area contributed by atoms with Gasteiger partial charge in [0.25, 0.3) is 0 Å².